The molecule has 10 heteroatoms. The average Bonchev–Trinajstić information content (AvgIpc) is 2.86. The number of carbonyl (C=O) groups is 2. The Kier molecular flexibility index (Phi) is 6.27. The largest absolute Gasteiger partial charge is 0.480 e. The van der Waals surface area contributed by atoms with Crippen LogP contribution in [0.1, 0.15) is 12.8 Å². The third-order valence-electron chi connectivity index (χ3n) is 2.61. The predicted octanol–water partition coefficient (Wildman–Crippen LogP) is -0.213. The number of hydrogen-bond donors (Lipinski definition) is 2. The topological polar surface area (TPSA) is 137 Å². The lowest BCUT2D eigenvalue weighted by Gasteiger charge is -2.14. The summed E-state index contributed by atoms with van der Waals surface area (Å²) in [6.45, 7) is 0.104. The van der Waals surface area contributed by atoms with Crippen molar-refractivity contribution in [1.82, 2.24) is 15.1 Å². The fourth-order valence-corrected chi connectivity index (χ4v) is 1.61. The second kappa shape index (κ2) is 7.94. The molecule has 1 atom stereocenters. The van der Waals surface area contributed by atoms with Crippen molar-refractivity contribution in [1.29, 1.82) is 0 Å². The summed E-state index contributed by atoms with van der Waals surface area (Å²) in [4.78, 5) is 32.6. The number of aliphatic carboxylic acids is 1. The van der Waals surface area contributed by atoms with E-state index in [1.54, 1.807) is 0 Å². The van der Waals surface area contributed by atoms with Crippen LogP contribution in [0.4, 0.5) is 5.69 Å². The van der Waals surface area contributed by atoms with Crippen molar-refractivity contribution in [2.75, 3.05) is 13.7 Å². The predicted molar refractivity (Wildman–Crippen MR) is 69.6 cm³/mol. The number of carboxylic acids is 1. The number of methoxy groups -OCH3 is 1. The molecule has 1 amide bonds. The molecule has 1 unspecified atom stereocenters. The molecule has 0 aliphatic rings. The summed E-state index contributed by atoms with van der Waals surface area (Å²) in [5.41, 5.74) is -0.238. The Bertz CT molecular complexity index is 515. The molecule has 0 bridgehead atoms. The van der Waals surface area contributed by atoms with Crippen LogP contribution in [-0.4, -0.2) is 51.4 Å². The molecule has 10 nitrogen and oxygen atoms in total. The van der Waals surface area contributed by atoms with Crippen LogP contribution >= 0.6 is 0 Å². The molecule has 0 aliphatic heterocycles. The van der Waals surface area contributed by atoms with E-state index in [0.29, 0.717) is 13.0 Å². The van der Waals surface area contributed by atoms with E-state index in [-0.39, 0.29) is 18.7 Å². The van der Waals surface area contributed by atoms with Gasteiger partial charge in [0.2, 0.25) is 5.91 Å². The van der Waals surface area contributed by atoms with Gasteiger partial charge in [-0.2, -0.15) is 5.10 Å². The van der Waals surface area contributed by atoms with Gasteiger partial charge in [0.15, 0.2) is 0 Å². The molecule has 116 valence electrons. The van der Waals surface area contributed by atoms with Crippen LogP contribution in [0.25, 0.3) is 0 Å². The van der Waals surface area contributed by atoms with E-state index in [2.05, 4.69) is 10.4 Å². The van der Waals surface area contributed by atoms with Gasteiger partial charge in [0, 0.05) is 13.7 Å². The van der Waals surface area contributed by atoms with Gasteiger partial charge in [-0.3, -0.25) is 19.6 Å². The van der Waals surface area contributed by atoms with Gasteiger partial charge in [0.25, 0.3) is 0 Å². The third-order valence-corrected chi connectivity index (χ3v) is 2.61. The summed E-state index contributed by atoms with van der Waals surface area (Å²) in [6.07, 6.45) is 2.83. The zero-order chi connectivity index (χ0) is 15.8. The molecule has 1 heterocycles. The Morgan fingerprint density at radius 1 is 1.62 bits per heavy atom. The minimum atomic E-state index is -1.15. The van der Waals surface area contributed by atoms with Crippen LogP contribution in [0.15, 0.2) is 12.4 Å². The maximum Gasteiger partial charge on any atom is 0.326 e. The molecule has 2 N–H and O–H groups in total. The van der Waals surface area contributed by atoms with Gasteiger partial charge in [-0.1, -0.05) is 0 Å². The number of carboxylic acid groups (broad SMARTS) is 1. The zero-order valence-electron chi connectivity index (χ0n) is 11.4. The summed E-state index contributed by atoms with van der Waals surface area (Å²) in [7, 11) is 1.50. The first-order chi connectivity index (χ1) is 9.93. The molecule has 0 saturated heterocycles. The van der Waals surface area contributed by atoms with Crippen LogP contribution in [0.3, 0.4) is 0 Å². The highest BCUT2D eigenvalue weighted by molar-refractivity contribution is 5.83. The Balaban J connectivity index is 2.52. The van der Waals surface area contributed by atoms with Crippen LogP contribution in [-0.2, 0) is 20.9 Å². The number of carbonyl (C=O) groups excluding carboxylic acids is 1. The lowest BCUT2D eigenvalue weighted by Crippen LogP contribution is -2.42. The van der Waals surface area contributed by atoms with Gasteiger partial charge in [0.05, 0.1) is 4.92 Å². The highest BCUT2D eigenvalue weighted by Crippen LogP contribution is 2.07. The number of nitrogens with zero attached hydrogens (tertiary/aromatic N) is 3. The highest BCUT2D eigenvalue weighted by atomic mass is 16.6. The normalized spacial score (nSPS) is 11.9. The average molecular weight is 300 g/mol. The number of nitrogens with one attached hydrogen (secondary N) is 1. The lowest BCUT2D eigenvalue weighted by molar-refractivity contribution is -0.385. The van der Waals surface area contributed by atoms with Crippen LogP contribution in [0.2, 0.25) is 0 Å². The summed E-state index contributed by atoms with van der Waals surface area (Å²) < 4.78 is 5.89. The summed E-state index contributed by atoms with van der Waals surface area (Å²) >= 11 is 0. The molecule has 1 aromatic heterocycles. The monoisotopic (exact) mass is 300 g/mol. The number of ether oxygens (including phenoxy) is 1. The van der Waals surface area contributed by atoms with Gasteiger partial charge in [-0.25, -0.2) is 4.79 Å². The minimum Gasteiger partial charge on any atom is -0.480 e. The van der Waals surface area contributed by atoms with Crippen LogP contribution in [0, 0.1) is 10.1 Å². The van der Waals surface area contributed by atoms with Gasteiger partial charge in [0.1, 0.15) is 25.0 Å². The van der Waals surface area contributed by atoms with E-state index in [9.17, 15) is 19.7 Å². The van der Waals surface area contributed by atoms with Crippen molar-refractivity contribution in [2.45, 2.75) is 25.4 Å². The molecular formula is C11H16N4O6. The Morgan fingerprint density at radius 3 is 2.86 bits per heavy atom. The molecular weight excluding hydrogens is 284 g/mol. The number of rotatable bonds is 9. The van der Waals surface area contributed by atoms with Crippen molar-refractivity contribution in [3.63, 3.8) is 0 Å². The molecule has 0 fully saturated rings. The van der Waals surface area contributed by atoms with Gasteiger partial charge < -0.3 is 15.2 Å². The molecule has 0 aliphatic carbocycles. The van der Waals surface area contributed by atoms with Crippen molar-refractivity contribution in [3.8, 4) is 0 Å². The first kappa shape index (κ1) is 16.6. The zero-order valence-corrected chi connectivity index (χ0v) is 11.4. The quantitative estimate of drug-likeness (QED) is 0.365. The third kappa shape index (κ3) is 5.57. The number of hydrogen-bond acceptors (Lipinski definition) is 6. The fraction of sp³-hybridized carbons (Fsp3) is 0.545. The van der Waals surface area contributed by atoms with E-state index >= 15 is 0 Å². The standard InChI is InChI=1S/C11H16N4O6/c1-21-4-2-3-9(11(17)18)13-10(16)7-14-6-8(5-12-14)15(19)20/h5-6,9H,2-4,7H2,1H3,(H,13,16)(H,17,18). The van der Waals surface area contributed by atoms with E-state index in [0.717, 1.165) is 17.1 Å². The van der Waals surface area contributed by atoms with Crippen LogP contribution in [0.5, 0.6) is 0 Å². The first-order valence-electron chi connectivity index (χ1n) is 6.12. The second-order valence-electron chi connectivity index (χ2n) is 4.25. The van der Waals surface area contributed by atoms with E-state index < -0.39 is 22.8 Å². The Labute approximate surface area is 119 Å². The minimum absolute atomic E-state index is 0.230. The smallest absolute Gasteiger partial charge is 0.326 e. The molecule has 21 heavy (non-hydrogen) atoms. The van der Waals surface area contributed by atoms with E-state index in [1.165, 1.54) is 7.11 Å². The van der Waals surface area contributed by atoms with E-state index in [1.807, 2.05) is 0 Å². The van der Waals surface area contributed by atoms with Crippen molar-refractivity contribution in [2.24, 2.45) is 0 Å². The SMILES string of the molecule is COCCCC(NC(=O)Cn1cc([N+](=O)[O-])cn1)C(=O)O. The number of nitro groups is 1. The Morgan fingerprint density at radius 2 is 2.33 bits per heavy atom. The number of amides is 1. The van der Waals surface area contributed by atoms with Gasteiger partial charge in [-0.05, 0) is 12.8 Å². The van der Waals surface area contributed by atoms with E-state index in [4.69, 9.17) is 9.84 Å². The van der Waals surface area contributed by atoms with Crippen molar-refractivity contribution < 1.29 is 24.4 Å². The maximum atomic E-state index is 11.7. The molecule has 1 aromatic rings. The van der Waals surface area contributed by atoms with Crippen molar-refractivity contribution in [3.05, 3.63) is 22.5 Å². The highest BCUT2D eigenvalue weighted by Gasteiger charge is 2.20. The summed E-state index contributed by atoms with van der Waals surface area (Å²) in [5, 5.41) is 25.5. The molecule has 0 aromatic carbocycles. The molecule has 0 spiro atoms. The lowest BCUT2D eigenvalue weighted by atomic mass is 10.1. The maximum absolute atomic E-state index is 11.7. The van der Waals surface area contributed by atoms with Crippen LogP contribution < -0.4 is 5.32 Å². The van der Waals surface area contributed by atoms with Gasteiger partial charge >= 0.3 is 11.7 Å². The summed E-state index contributed by atoms with van der Waals surface area (Å²) in [6, 6.07) is -1.03. The number of aromatic nitrogens is 2. The molecule has 1 rings (SSSR count). The fourth-order valence-electron chi connectivity index (χ4n) is 1.61. The first-order valence-corrected chi connectivity index (χ1v) is 6.12. The Hall–Kier alpha value is -2.49. The van der Waals surface area contributed by atoms with Crippen molar-refractivity contribution >= 4 is 17.6 Å². The second-order valence-corrected chi connectivity index (χ2v) is 4.25. The van der Waals surface area contributed by atoms with Gasteiger partial charge in [-0.15, -0.1) is 0 Å². The molecule has 0 saturated carbocycles. The summed E-state index contributed by atoms with van der Waals surface area (Å²) in [5.74, 6) is -1.73. The molecule has 0 radical (unpaired) electrons.